The van der Waals surface area contributed by atoms with Crippen molar-refractivity contribution in [1.82, 2.24) is 19.9 Å². The molecule has 3 rings (SSSR count). The molecule has 1 fully saturated rings. The van der Waals surface area contributed by atoms with E-state index < -0.39 is 0 Å². The third-order valence-electron chi connectivity index (χ3n) is 3.20. The molecular weight excluding hydrogens is 226 g/mol. The number of hydrogen-bond acceptors (Lipinski definition) is 5. The molecule has 0 radical (unpaired) electrons. The average Bonchev–Trinajstić information content (AvgIpc) is 2.89. The first kappa shape index (κ1) is 11.1. The highest BCUT2D eigenvalue weighted by Crippen LogP contribution is 2.26. The van der Waals surface area contributed by atoms with Crippen molar-refractivity contribution in [2.45, 2.75) is 19.3 Å². The number of rotatable bonds is 2. The molecule has 1 aliphatic heterocycles. The summed E-state index contributed by atoms with van der Waals surface area (Å²) in [5.74, 6) is 2.12. The number of aryl methyl sites for hydroxylation is 1. The summed E-state index contributed by atoms with van der Waals surface area (Å²) in [6.45, 7) is 3.86. The number of nitrogens with zero attached hydrogens (tertiary/aromatic N) is 5. The normalized spacial score (nSPS) is 19.2. The zero-order valence-corrected chi connectivity index (χ0v) is 10.3. The van der Waals surface area contributed by atoms with Gasteiger partial charge in [0.05, 0.1) is 0 Å². The maximum atomic E-state index is 4.50. The Kier molecular flexibility index (Phi) is 2.88. The molecule has 0 aliphatic carbocycles. The first-order valence-corrected chi connectivity index (χ1v) is 6.14. The smallest absolute Gasteiger partial charge is 0.225 e. The van der Waals surface area contributed by atoms with Gasteiger partial charge in [0.2, 0.25) is 5.95 Å². The van der Waals surface area contributed by atoms with Crippen LogP contribution < -0.4 is 4.90 Å². The van der Waals surface area contributed by atoms with Gasteiger partial charge in [-0.1, -0.05) is 0 Å². The van der Waals surface area contributed by atoms with Crippen LogP contribution in [0.3, 0.4) is 0 Å². The maximum absolute atomic E-state index is 4.50. The second kappa shape index (κ2) is 4.68. The molecule has 0 saturated carbocycles. The lowest BCUT2D eigenvalue weighted by atomic mass is 10.1. The number of hydrogen-bond donors (Lipinski definition) is 0. The van der Waals surface area contributed by atoms with E-state index in [0.717, 1.165) is 37.0 Å². The molecule has 0 bridgehead atoms. The second-order valence-corrected chi connectivity index (χ2v) is 4.54. The summed E-state index contributed by atoms with van der Waals surface area (Å²) in [7, 11) is 0. The molecule has 2 aromatic heterocycles. The second-order valence-electron chi connectivity index (χ2n) is 4.54. The molecule has 1 unspecified atom stereocenters. The fourth-order valence-electron chi connectivity index (χ4n) is 2.27. The van der Waals surface area contributed by atoms with Crippen LogP contribution >= 0.6 is 0 Å². The average molecular weight is 241 g/mol. The van der Waals surface area contributed by atoms with Crippen molar-refractivity contribution >= 4 is 5.95 Å². The van der Waals surface area contributed by atoms with Crippen LogP contribution in [-0.4, -0.2) is 33.0 Å². The van der Waals surface area contributed by atoms with E-state index in [4.69, 9.17) is 0 Å². The van der Waals surface area contributed by atoms with Gasteiger partial charge in [-0.15, -0.1) is 0 Å². The predicted octanol–water partition coefficient (Wildman–Crippen LogP) is 1.57. The van der Waals surface area contributed by atoms with Gasteiger partial charge < -0.3 is 4.90 Å². The summed E-state index contributed by atoms with van der Waals surface area (Å²) in [4.78, 5) is 19.6. The Hall–Kier alpha value is -2.04. The van der Waals surface area contributed by atoms with E-state index in [1.54, 1.807) is 12.4 Å². The molecule has 5 heteroatoms. The van der Waals surface area contributed by atoms with Crippen LogP contribution in [0.2, 0.25) is 0 Å². The van der Waals surface area contributed by atoms with Gasteiger partial charge in [0.25, 0.3) is 0 Å². The van der Waals surface area contributed by atoms with E-state index in [-0.39, 0.29) is 0 Å². The Morgan fingerprint density at radius 3 is 2.78 bits per heavy atom. The first-order chi connectivity index (χ1) is 8.83. The molecule has 92 valence electrons. The molecule has 0 spiro atoms. The molecule has 1 atom stereocenters. The Labute approximate surface area is 106 Å². The van der Waals surface area contributed by atoms with E-state index in [0.29, 0.717) is 5.92 Å². The molecule has 1 saturated heterocycles. The molecular formula is C13H15N5. The SMILES string of the molecule is Cc1ccnc(C2CCN(c3ncccn3)C2)n1. The Morgan fingerprint density at radius 1 is 1.17 bits per heavy atom. The summed E-state index contributed by atoms with van der Waals surface area (Å²) in [6, 6.07) is 3.76. The molecule has 0 amide bonds. The zero-order chi connectivity index (χ0) is 12.4. The van der Waals surface area contributed by atoms with E-state index in [9.17, 15) is 0 Å². The van der Waals surface area contributed by atoms with E-state index in [1.165, 1.54) is 0 Å². The summed E-state index contributed by atoms with van der Waals surface area (Å²) >= 11 is 0. The fourth-order valence-corrected chi connectivity index (χ4v) is 2.27. The highest BCUT2D eigenvalue weighted by molar-refractivity contribution is 5.32. The predicted molar refractivity (Wildman–Crippen MR) is 68.4 cm³/mol. The zero-order valence-electron chi connectivity index (χ0n) is 10.3. The number of anilines is 1. The minimum atomic E-state index is 0.383. The molecule has 1 aliphatic rings. The maximum Gasteiger partial charge on any atom is 0.225 e. The van der Waals surface area contributed by atoms with Crippen LogP contribution in [0.5, 0.6) is 0 Å². The van der Waals surface area contributed by atoms with Crippen LogP contribution in [0, 0.1) is 6.92 Å². The van der Waals surface area contributed by atoms with E-state index in [2.05, 4.69) is 24.8 Å². The van der Waals surface area contributed by atoms with Crippen molar-refractivity contribution in [2.24, 2.45) is 0 Å². The fraction of sp³-hybridized carbons (Fsp3) is 0.385. The van der Waals surface area contributed by atoms with Crippen molar-refractivity contribution in [2.75, 3.05) is 18.0 Å². The van der Waals surface area contributed by atoms with Gasteiger partial charge in [0.1, 0.15) is 5.82 Å². The highest BCUT2D eigenvalue weighted by Gasteiger charge is 2.27. The van der Waals surface area contributed by atoms with Gasteiger partial charge in [-0.2, -0.15) is 0 Å². The topological polar surface area (TPSA) is 54.8 Å². The van der Waals surface area contributed by atoms with Crippen LogP contribution in [-0.2, 0) is 0 Å². The first-order valence-electron chi connectivity index (χ1n) is 6.14. The van der Waals surface area contributed by atoms with Crippen molar-refractivity contribution in [3.8, 4) is 0 Å². The van der Waals surface area contributed by atoms with Crippen molar-refractivity contribution in [1.29, 1.82) is 0 Å². The molecule has 3 heterocycles. The lowest BCUT2D eigenvalue weighted by Gasteiger charge is -2.15. The van der Waals surface area contributed by atoms with E-state index in [1.807, 2.05) is 25.3 Å². The van der Waals surface area contributed by atoms with Gasteiger partial charge in [-0.3, -0.25) is 0 Å². The van der Waals surface area contributed by atoms with Crippen molar-refractivity contribution in [3.05, 3.63) is 42.2 Å². The number of aromatic nitrogens is 4. The van der Waals surface area contributed by atoms with Crippen LogP contribution in [0.1, 0.15) is 23.9 Å². The quantitative estimate of drug-likeness (QED) is 0.798. The Morgan fingerprint density at radius 2 is 2.00 bits per heavy atom. The third-order valence-corrected chi connectivity index (χ3v) is 3.20. The molecule has 18 heavy (non-hydrogen) atoms. The molecule has 5 nitrogen and oxygen atoms in total. The molecule has 0 N–H and O–H groups in total. The van der Waals surface area contributed by atoms with Gasteiger partial charge in [-0.05, 0) is 25.5 Å². The van der Waals surface area contributed by atoms with Crippen LogP contribution in [0.15, 0.2) is 30.7 Å². The lowest BCUT2D eigenvalue weighted by Crippen LogP contribution is -2.21. The summed E-state index contributed by atoms with van der Waals surface area (Å²) < 4.78 is 0. The van der Waals surface area contributed by atoms with Crippen molar-refractivity contribution < 1.29 is 0 Å². The standard InChI is InChI=1S/C13H15N5/c1-10-3-7-14-12(17-10)11-4-8-18(9-11)13-15-5-2-6-16-13/h2-3,5-7,11H,4,8-9H2,1H3. The molecule has 2 aromatic rings. The molecule has 0 aromatic carbocycles. The third kappa shape index (κ3) is 2.16. The van der Waals surface area contributed by atoms with E-state index >= 15 is 0 Å². The van der Waals surface area contributed by atoms with Gasteiger partial charge in [-0.25, -0.2) is 19.9 Å². The monoisotopic (exact) mass is 241 g/mol. The minimum absolute atomic E-state index is 0.383. The summed E-state index contributed by atoms with van der Waals surface area (Å²) in [5.41, 5.74) is 1.02. The summed E-state index contributed by atoms with van der Waals surface area (Å²) in [5, 5.41) is 0. The lowest BCUT2D eigenvalue weighted by molar-refractivity contribution is 0.703. The largest absolute Gasteiger partial charge is 0.340 e. The Balaban J connectivity index is 1.76. The Bertz CT molecular complexity index is 528. The minimum Gasteiger partial charge on any atom is -0.340 e. The summed E-state index contributed by atoms with van der Waals surface area (Å²) in [6.07, 6.45) is 6.44. The van der Waals surface area contributed by atoms with Gasteiger partial charge in [0.15, 0.2) is 0 Å². The van der Waals surface area contributed by atoms with Crippen LogP contribution in [0.25, 0.3) is 0 Å². The van der Waals surface area contributed by atoms with Gasteiger partial charge >= 0.3 is 0 Å². The highest BCUT2D eigenvalue weighted by atomic mass is 15.3. The van der Waals surface area contributed by atoms with Crippen LogP contribution in [0.4, 0.5) is 5.95 Å². The van der Waals surface area contributed by atoms with Crippen molar-refractivity contribution in [3.63, 3.8) is 0 Å². The van der Waals surface area contributed by atoms with Gasteiger partial charge in [0, 0.05) is 43.3 Å².